The molecule has 1 saturated carbocycles. The second-order valence-corrected chi connectivity index (χ2v) is 5.34. The maximum atomic E-state index is 12.1. The maximum absolute atomic E-state index is 12.1. The van der Waals surface area contributed by atoms with Gasteiger partial charge in [-0.3, -0.25) is 4.79 Å². The summed E-state index contributed by atoms with van der Waals surface area (Å²) in [7, 11) is 1.95. The van der Waals surface area contributed by atoms with Crippen LogP contribution >= 0.6 is 0 Å². The summed E-state index contributed by atoms with van der Waals surface area (Å²) in [5, 5.41) is 0. The molecule has 94 valence electrons. The van der Waals surface area contributed by atoms with E-state index in [9.17, 15) is 4.79 Å². The van der Waals surface area contributed by atoms with Crippen LogP contribution in [0.4, 0.5) is 0 Å². The molecule has 0 aliphatic heterocycles. The van der Waals surface area contributed by atoms with Gasteiger partial charge in [0.2, 0.25) is 5.91 Å². The lowest BCUT2D eigenvalue weighted by Crippen LogP contribution is -2.42. The third kappa shape index (κ3) is 3.48. The zero-order valence-electron chi connectivity index (χ0n) is 10.9. The van der Waals surface area contributed by atoms with Gasteiger partial charge in [-0.1, -0.05) is 13.8 Å². The molecule has 1 atom stereocenters. The van der Waals surface area contributed by atoms with Crippen molar-refractivity contribution in [1.29, 1.82) is 0 Å². The first-order valence-electron chi connectivity index (χ1n) is 6.53. The third-order valence-corrected chi connectivity index (χ3v) is 3.90. The van der Waals surface area contributed by atoms with Crippen LogP contribution in [0.2, 0.25) is 0 Å². The van der Waals surface area contributed by atoms with Gasteiger partial charge in [0.25, 0.3) is 0 Å². The Morgan fingerprint density at radius 2 is 1.94 bits per heavy atom. The highest BCUT2D eigenvalue weighted by Crippen LogP contribution is 2.27. The van der Waals surface area contributed by atoms with Gasteiger partial charge in [-0.15, -0.1) is 0 Å². The molecule has 1 fully saturated rings. The number of carbonyl (C=O) groups excluding carboxylic acids is 1. The average Bonchev–Trinajstić information content (AvgIpc) is 2.28. The van der Waals surface area contributed by atoms with Crippen LogP contribution in [0.3, 0.4) is 0 Å². The number of rotatable bonds is 4. The molecule has 0 aromatic heterocycles. The second kappa shape index (κ2) is 6.24. The van der Waals surface area contributed by atoms with Gasteiger partial charge in [-0.25, -0.2) is 0 Å². The molecule has 3 nitrogen and oxygen atoms in total. The van der Waals surface area contributed by atoms with Crippen LogP contribution in [-0.2, 0) is 4.79 Å². The van der Waals surface area contributed by atoms with Gasteiger partial charge in [-0.05, 0) is 44.6 Å². The average molecular weight is 226 g/mol. The predicted molar refractivity (Wildman–Crippen MR) is 67.0 cm³/mol. The van der Waals surface area contributed by atoms with Crippen molar-refractivity contribution in [2.75, 3.05) is 13.6 Å². The number of amides is 1. The number of hydrogen-bond donors (Lipinski definition) is 1. The van der Waals surface area contributed by atoms with E-state index < -0.39 is 0 Å². The summed E-state index contributed by atoms with van der Waals surface area (Å²) in [6.07, 6.45) is 5.64. The first-order chi connectivity index (χ1) is 7.56. The van der Waals surface area contributed by atoms with Crippen molar-refractivity contribution in [3.05, 3.63) is 0 Å². The topological polar surface area (TPSA) is 46.3 Å². The number of nitrogens with two attached hydrogens (primary N) is 1. The van der Waals surface area contributed by atoms with Crippen molar-refractivity contribution >= 4 is 5.91 Å². The van der Waals surface area contributed by atoms with Crippen LogP contribution in [-0.4, -0.2) is 30.4 Å². The Morgan fingerprint density at radius 3 is 2.44 bits per heavy atom. The molecule has 0 saturated heterocycles. The van der Waals surface area contributed by atoms with Crippen LogP contribution in [0.15, 0.2) is 0 Å². The molecule has 1 aliphatic rings. The normalized spacial score (nSPS) is 27.5. The molecule has 0 spiro atoms. The minimum atomic E-state index is 0.0781. The van der Waals surface area contributed by atoms with Gasteiger partial charge in [0.05, 0.1) is 0 Å². The van der Waals surface area contributed by atoms with E-state index in [1.165, 1.54) is 25.7 Å². The Labute approximate surface area is 99.4 Å². The van der Waals surface area contributed by atoms with Crippen LogP contribution in [0, 0.1) is 11.8 Å². The third-order valence-electron chi connectivity index (χ3n) is 3.90. The second-order valence-electron chi connectivity index (χ2n) is 5.34. The van der Waals surface area contributed by atoms with E-state index in [4.69, 9.17) is 5.73 Å². The first kappa shape index (κ1) is 13.5. The molecule has 3 heteroatoms. The summed E-state index contributed by atoms with van der Waals surface area (Å²) >= 11 is 0. The Balaban J connectivity index is 2.44. The Kier molecular flexibility index (Phi) is 5.26. The van der Waals surface area contributed by atoms with E-state index in [-0.39, 0.29) is 11.8 Å². The quantitative estimate of drug-likeness (QED) is 0.797. The molecule has 1 rings (SSSR count). The van der Waals surface area contributed by atoms with Gasteiger partial charge in [0.1, 0.15) is 0 Å². The minimum absolute atomic E-state index is 0.0781. The highest BCUT2D eigenvalue weighted by atomic mass is 16.2. The van der Waals surface area contributed by atoms with E-state index in [0.29, 0.717) is 12.6 Å². The lowest BCUT2D eigenvalue weighted by atomic mass is 9.86. The van der Waals surface area contributed by atoms with Crippen molar-refractivity contribution in [3.63, 3.8) is 0 Å². The molecule has 1 unspecified atom stereocenters. The van der Waals surface area contributed by atoms with Gasteiger partial charge in [-0.2, -0.15) is 0 Å². The van der Waals surface area contributed by atoms with Crippen molar-refractivity contribution in [3.8, 4) is 0 Å². The zero-order chi connectivity index (χ0) is 12.1. The predicted octanol–water partition coefficient (Wildman–Crippen LogP) is 2.01. The van der Waals surface area contributed by atoms with Crippen molar-refractivity contribution < 1.29 is 4.79 Å². The largest absolute Gasteiger partial charge is 0.343 e. The molecule has 0 bridgehead atoms. The molecule has 0 aromatic carbocycles. The molecule has 2 N–H and O–H groups in total. The molecular formula is C13H26N2O. The minimum Gasteiger partial charge on any atom is -0.343 e. The fourth-order valence-electron chi connectivity index (χ4n) is 2.53. The zero-order valence-corrected chi connectivity index (χ0v) is 10.9. The maximum Gasteiger partial charge on any atom is 0.225 e. The van der Waals surface area contributed by atoms with Crippen molar-refractivity contribution in [2.24, 2.45) is 17.6 Å². The molecule has 0 radical (unpaired) electrons. The summed E-state index contributed by atoms with van der Waals surface area (Å²) in [5.41, 5.74) is 5.49. The summed E-state index contributed by atoms with van der Waals surface area (Å²) in [6.45, 7) is 4.88. The first-order valence-corrected chi connectivity index (χ1v) is 6.53. The molecule has 16 heavy (non-hydrogen) atoms. The van der Waals surface area contributed by atoms with Crippen molar-refractivity contribution in [1.82, 2.24) is 4.90 Å². The van der Waals surface area contributed by atoms with Gasteiger partial charge in [0.15, 0.2) is 0 Å². The van der Waals surface area contributed by atoms with Crippen LogP contribution in [0.25, 0.3) is 0 Å². The Hall–Kier alpha value is -0.570. The van der Waals surface area contributed by atoms with Crippen LogP contribution < -0.4 is 5.73 Å². The lowest BCUT2D eigenvalue weighted by molar-refractivity contribution is -0.136. The van der Waals surface area contributed by atoms with E-state index in [0.717, 1.165) is 12.3 Å². The van der Waals surface area contributed by atoms with Gasteiger partial charge in [0, 0.05) is 19.0 Å². The van der Waals surface area contributed by atoms with Crippen LogP contribution in [0.1, 0.15) is 46.0 Å². The van der Waals surface area contributed by atoms with Gasteiger partial charge >= 0.3 is 0 Å². The summed E-state index contributed by atoms with van der Waals surface area (Å²) < 4.78 is 0. The highest BCUT2D eigenvalue weighted by molar-refractivity contribution is 5.78. The SMILES string of the molecule is CC1CCC(N(C)C(=O)C(C)CCN)CC1. The fourth-order valence-corrected chi connectivity index (χ4v) is 2.53. The number of carbonyl (C=O) groups is 1. The van der Waals surface area contributed by atoms with E-state index in [1.54, 1.807) is 0 Å². The smallest absolute Gasteiger partial charge is 0.225 e. The van der Waals surface area contributed by atoms with Gasteiger partial charge < -0.3 is 10.6 Å². The van der Waals surface area contributed by atoms with E-state index in [1.807, 2.05) is 18.9 Å². The molecule has 1 amide bonds. The van der Waals surface area contributed by atoms with Crippen molar-refractivity contribution in [2.45, 2.75) is 52.0 Å². The summed E-state index contributed by atoms with van der Waals surface area (Å²) in [5.74, 6) is 1.18. The Bertz CT molecular complexity index is 222. The molecule has 0 heterocycles. The van der Waals surface area contributed by atoms with E-state index in [2.05, 4.69) is 6.92 Å². The standard InChI is InChI=1S/C13H26N2O/c1-10-4-6-12(7-5-10)15(3)13(16)11(2)8-9-14/h10-12H,4-9,14H2,1-3H3. The lowest BCUT2D eigenvalue weighted by Gasteiger charge is -2.35. The van der Waals surface area contributed by atoms with E-state index >= 15 is 0 Å². The summed E-state index contributed by atoms with van der Waals surface area (Å²) in [6, 6.07) is 0.462. The monoisotopic (exact) mass is 226 g/mol. The number of nitrogens with zero attached hydrogens (tertiary/aromatic N) is 1. The van der Waals surface area contributed by atoms with Crippen LogP contribution in [0.5, 0.6) is 0 Å². The molecule has 0 aromatic rings. The molecular weight excluding hydrogens is 200 g/mol. The number of hydrogen-bond acceptors (Lipinski definition) is 2. The molecule has 1 aliphatic carbocycles. The Morgan fingerprint density at radius 1 is 1.38 bits per heavy atom. The highest BCUT2D eigenvalue weighted by Gasteiger charge is 2.26. The summed E-state index contributed by atoms with van der Waals surface area (Å²) in [4.78, 5) is 14.0. The fraction of sp³-hybridized carbons (Fsp3) is 0.923.